The summed E-state index contributed by atoms with van der Waals surface area (Å²) in [5.74, 6) is 0. The van der Waals surface area contributed by atoms with Crippen molar-refractivity contribution in [1.82, 2.24) is 0 Å². The quantitative estimate of drug-likeness (QED) is 0.504. The van der Waals surface area contributed by atoms with Crippen molar-refractivity contribution in [2.24, 2.45) is 0 Å². The molecule has 0 aromatic rings. The van der Waals surface area contributed by atoms with Gasteiger partial charge in [0, 0.05) is 25.9 Å². The molecule has 0 radical (unpaired) electrons. The van der Waals surface area contributed by atoms with E-state index in [1.54, 1.807) is 0 Å². The van der Waals surface area contributed by atoms with Crippen LogP contribution in [0.1, 0.15) is 27.2 Å². The van der Waals surface area contributed by atoms with Crippen LogP contribution in [-0.4, -0.2) is 32.4 Å². The molecule has 3 nitrogen and oxygen atoms in total. The van der Waals surface area contributed by atoms with E-state index in [1.165, 1.54) is 0 Å². The summed E-state index contributed by atoms with van der Waals surface area (Å²) in [4.78, 5) is 0. The molecule has 0 saturated carbocycles. The van der Waals surface area contributed by atoms with Gasteiger partial charge in [-0.25, -0.2) is 0 Å². The standard InChI is InChI=1S/C9H19Cl3O3Si/c1-4-13-16(14-5-2,15-6-3)8-7-9(10,11)12/h4-8H2,1-3H3. The fraction of sp³-hybridized carbons (Fsp3) is 1.00. The van der Waals surface area contributed by atoms with Gasteiger partial charge in [0.25, 0.3) is 0 Å². The van der Waals surface area contributed by atoms with Crippen molar-refractivity contribution >= 4 is 43.6 Å². The smallest absolute Gasteiger partial charge is 0.374 e. The van der Waals surface area contributed by atoms with E-state index in [4.69, 9.17) is 48.1 Å². The van der Waals surface area contributed by atoms with Crippen LogP contribution in [0.25, 0.3) is 0 Å². The van der Waals surface area contributed by atoms with E-state index >= 15 is 0 Å². The van der Waals surface area contributed by atoms with Gasteiger partial charge in [0.2, 0.25) is 0 Å². The Morgan fingerprint density at radius 1 is 0.875 bits per heavy atom. The molecule has 0 aliphatic carbocycles. The third-order valence-electron chi connectivity index (χ3n) is 1.81. The molecule has 0 fully saturated rings. The molecule has 0 spiro atoms. The molecule has 0 atom stereocenters. The molecule has 16 heavy (non-hydrogen) atoms. The van der Waals surface area contributed by atoms with Crippen LogP contribution in [-0.2, 0) is 13.3 Å². The normalized spacial score (nSPS) is 13.1. The summed E-state index contributed by atoms with van der Waals surface area (Å²) in [6.07, 6.45) is 0.365. The van der Waals surface area contributed by atoms with Crippen molar-refractivity contribution in [3.63, 3.8) is 0 Å². The van der Waals surface area contributed by atoms with Crippen LogP contribution >= 0.6 is 34.8 Å². The average molecular weight is 310 g/mol. The maximum Gasteiger partial charge on any atom is 0.501 e. The Bertz CT molecular complexity index is 170. The van der Waals surface area contributed by atoms with E-state index < -0.39 is 12.6 Å². The summed E-state index contributed by atoms with van der Waals surface area (Å²) in [7, 11) is -2.66. The second-order valence-corrected chi connectivity index (χ2v) is 8.35. The molecule has 7 heteroatoms. The second kappa shape index (κ2) is 8.14. The lowest BCUT2D eigenvalue weighted by Crippen LogP contribution is -2.46. The van der Waals surface area contributed by atoms with Crippen molar-refractivity contribution in [2.75, 3.05) is 19.8 Å². The molecule has 0 bridgehead atoms. The van der Waals surface area contributed by atoms with Gasteiger partial charge in [0.1, 0.15) is 0 Å². The lowest BCUT2D eigenvalue weighted by molar-refractivity contribution is 0.0709. The van der Waals surface area contributed by atoms with Gasteiger partial charge >= 0.3 is 8.80 Å². The lowest BCUT2D eigenvalue weighted by atomic mass is 10.6. The van der Waals surface area contributed by atoms with Crippen molar-refractivity contribution in [2.45, 2.75) is 37.0 Å². The fourth-order valence-corrected chi connectivity index (χ4v) is 4.74. The zero-order chi connectivity index (χ0) is 12.7. The van der Waals surface area contributed by atoms with E-state index in [-0.39, 0.29) is 0 Å². The zero-order valence-corrected chi connectivity index (χ0v) is 13.2. The summed E-state index contributed by atoms with van der Waals surface area (Å²) in [6.45, 7) is 7.30. The highest BCUT2D eigenvalue weighted by Gasteiger charge is 2.42. The topological polar surface area (TPSA) is 27.7 Å². The Morgan fingerprint density at radius 2 is 1.25 bits per heavy atom. The second-order valence-electron chi connectivity index (χ2n) is 3.10. The molecular formula is C9H19Cl3O3Si. The van der Waals surface area contributed by atoms with Crippen LogP contribution in [0.5, 0.6) is 0 Å². The van der Waals surface area contributed by atoms with E-state index in [0.717, 1.165) is 0 Å². The Labute approximate surface area is 114 Å². The monoisotopic (exact) mass is 308 g/mol. The fourth-order valence-electron chi connectivity index (χ4n) is 1.30. The van der Waals surface area contributed by atoms with Gasteiger partial charge in [-0.3, -0.25) is 0 Å². The molecule has 0 unspecified atom stereocenters. The first kappa shape index (κ1) is 17.0. The van der Waals surface area contributed by atoms with E-state index in [2.05, 4.69) is 0 Å². The highest BCUT2D eigenvalue weighted by atomic mass is 35.6. The first-order valence-corrected chi connectivity index (χ1v) is 8.44. The van der Waals surface area contributed by atoms with E-state index in [0.29, 0.717) is 32.3 Å². The summed E-state index contributed by atoms with van der Waals surface area (Å²) >= 11 is 17.2. The maximum atomic E-state index is 5.73. The van der Waals surface area contributed by atoms with Gasteiger partial charge < -0.3 is 13.3 Å². The predicted octanol–water partition coefficient (Wildman–Crippen LogP) is 3.80. The van der Waals surface area contributed by atoms with E-state index in [9.17, 15) is 0 Å². The Kier molecular flexibility index (Phi) is 8.63. The van der Waals surface area contributed by atoms with Gasteiger partial charge in [-0.15, -0.1) is 0 Å². The summed E-state index contributed by atoms with van der Waals surface area (Å²) in [6, 6.07) is 0.513. The maximum absolute atomic E-state index is 5.73. The van der Waals surface area contributed by atoms with Crippen molar-refractivity contribution in [3.05, 3.63) is 0 Å². The van der Waals surface area contributed by atoms with Crippen LogP contribution in [0.4, 0.5) is 0 Å². The van der Waals surface area contributed by atoms with Crippen molar-refractivity contribution in [3.8, 4) is 0 Å². The Balaban J connectivity index is 4.46. The van der Waals surface area contributed by atoms with Crippen LogP contribution in [0, 0.1) is 0 Å². The minimum atomic E-state index is -2.66. The van der Waals surface area contributed by atoms with E-state index in [1.807, 2.05) is 20.8 Å². The number of halogens is 3. The van der Waals surface area contributed by atoms with Gasteiger partial charge in [-0.1, -0.05) is 34.8 Å². The molecular weight excluding hydrogens is 291 g/mol. The molecule has 0 rings (SSSR count). The van der Waals surface area contributed by atoms with Crippen LogP contribution in [0.3, 0.4) is 0 Å². The summed E-state index contributed by atoms with van der Waals surface area (Å²) < 4.78 is 15.6. The highest BCUT2D eigenvalue weighted by molar-refractivity contribution is 6.68. The van der Waals surface area contributed by atoms with Gasteiger partial charge in [0.15, 0.2) is 3.79 Å². The van der Waals surface area contributed by atoms with Gasteiger partial charge in [-0.2, -0.15) is 0 Å². The third kappa shape index (κ3) is 7.32. The van der Waals surface area contributed by atoms with Gasteiger partial charge in [0.05, 0.1) is 0 Å². The largest absolute Gasteiger partial charge is 0.501 e. The molecule has 0 aliphatic heterocycles. The van der Waals surface area contributed by atoms with Crippen molar-refractivity contribution in [1.29, 1.82) is 0 Å². The molecule has 98 valence electrons. The predicted molar refractivity (Wildman–Crippen MR) is 70.3 cm³/mol. The molecule has 0 aliphatic rings. The number of hydrogen-bond donors (Lipinski definition) is 0. The average Bonchev–Trinajstić information content (AvgIpc) is 2.15. The number of rotatable bonds is 8. The minimum Gasteiger partial charge on any atom is -0.374 e. The van der Waals surface area contributed by atoms with Crippen LogP contribution in [0.2, 0.25) is 6.04 Å². The highest BCUT2D eigenvalue weighted by Crippen LogP contribution is 2.34. The lowest BCUT2D eigenvalue weighted by Gasteiger charge is -2.29. The SMILES string of the molecule is CCO[Si](CCC(Cl)(Cl)Cl)(OCC)OCC. The molecule has 0 N–H and O–H groups in total. The zero-order valence-electron chi connectivity index (χ0n) is 9.89. The number of alkyl halides is 3. The van der Waals surface area contributed by atoms with Gasteiger partial charge in [-0.05, 0) is 27.2 Å². The molecule has 0 aromatic heterocycles. The third-order valence-corrected chi connectivity index (χ3v) is 5.42. The van der Waals surface area contributed by atoms with Crippen molar-refractivity contribution < 1.29 is 13.3 Å². The van der Waals surface area contributed by atoms with Crippen LogP contribution in [0.15, 0.2) is 0 Å². The first-order chi connectivity index (χ1) is 7.39. The molecule has 0 saturated heterocycles. The molecule has 0 amide bonds. The summed E-state index contributed by atoms with van der Waals surface area (Å²) in [5.41, 5.74) is 0. The first-order valence-electron chi connectivity index (χ1n) is 5.37. The Hall–Kier alpha value is 0.967. The minimum absolute atomic E-state index is 0.365. The summed E-state index contributed by atoms with van der Waals surface area (Å²) in [5, 5.41) is 0. The van der Waals surface area contributed by atoms with Crippen LogP contribution < -0.4 is 0 Å². The Morgan fingerprint density at radius 3 is 1.50 bits per heavy atom. The molecule has 0 aromatic carbocycles. The molecule has 0 heterocycles. The number of hydrogen-bond acceptors (Lipinski definition) is 3.